The Kier molecular flexibility index (Phi) is 5.93. The molecule has 0 saturated carbocycles. The van der Waals surface area contributed by atoms with E-state index in [1.54, 1.807) is 12.3 Å². The van der Waals surface area contributed by atoms with Gasteiger partial charge in [-0.1, -0.05) is 67.6 Å². The van der Waals surface area contributed by atoms with E-state index in [4.69, 9.17) is 0 Å². The van der Waals surface area contributed by atoms with Crippen LogP contribution in [0.1, 0.15) is 29.8 Å². The van der Waals surface area contributed by atoms with E-state index in [-0.39, 0.29) is 5.43 Å². The lowest BCUT2D eigenvalue weighted by Crippen LogP contribution is -2.14. The van der Waals surface area contributed by atoms with Crippen molar-refractivity contribution in [3.8, 4) is 5.69 Å². The van der Waals surface area contributed by atoms with Crippen LogP contribution in [-0.4, -0.2) is 14.7 Å². The first-order chi connectivity index (χ1) is 16.6. The number of nitrogens with zero attached hydrogens (tertiary/aromatic N) is 2. The zero-order valence-electron chi connectivity index (χ0n) is 18.8. The Bertz CT molecular complexity index is 1500. The number of nitrogens with one attached hydrogen (secondary N) is 1. The molecule has 34 heavy (non-hydrogen) atoms. The van der Waals surface area contributed by atoms with Gasteiger partial charge in [-0.25, -0.2) is 0 Å². The van der Waals surface area contributed by atoms with Gasteiger partial charge in [-0.15, -0.1) is 0 Å². The summed E-state index contributed by atoms with van der Waals surface area (Å²) in [5, 5.41) is 15.0. The van der Waals surface area contributed by atoms with E-state index in [2.05, 4.69) is 17.2 Å². The van der Waals surface area contributed by atoms with Gasteiger partial charge in [0.15, 0.2) is 5.43 Å². The maximum Gasteiger partial charge on any atom is 0.193 e. The molecule has 0 aliphatic rings. The second kappa shape index (κ2) is 9.33. The highest BCUT2D eigenvalue weighted by molar-refractivity contribution is 5.84. The number of pyridine rings is 2. The van der Waals surface area contributed by atoms with Gasteiger partial charge in [-0.2, -0.15) is 0 Å². The third-order valence-electron chi connectivity index (χ3n) is 5.93. The number of aryl methyl sites for hydroxylation is 1. The number of fused-ring (bicyclic) bond motifs is 1. The van der Waals surface area contributed by atoms with Crippen LogP contribution in [0.4, 0.5) is 11.5 Å². The molecule has 2 heterocycles. The molecule has 5 aromatic rings. The molecular weight excluding hydrogens is 422 g/mol. The predicted molar refractivity (Wildman–Crippen MR) is 137 cm³/mol. The zero-order chi connectivity index (χ0) is 23.5. The summed E-state index contributed by atoms with van der Waals surface area (Å²) in [4.78, 5) is 17.5. The van der Waals surface area contributed by atoms with Gasteiger partial charge in [0.2, 0.25) is 0 Å². The summed E-state index contributed by atoms with van der Waals surface area (Å²) >= 11 is 0. The number of aliphatic hydroxyl groups is 1. The summed E-state index contributed by atoms with van der Waals surface area (Å²) < 4.78 is 1.99. The minimum atomic E-state index is -0.902. The highest BCUT2D eigenvalue weighted by Crippen LogP contribution is 2.28. The molecule has 5 heteroatoms. The van der Waals surface area contributed by atoms with Crippen LogP contribution < -0.4 is 10.7 Å². The lowest BCUT2D eigenvalue weighted by Gasteiger charge is -2.19. The molecule has 2 N–H and O–H groups in total. The molecule has 0 fully saturated rings. The quantitative estimate of drug-likeness (QED) is 0.347. The number of aliphatic hydroxyl groups excluding tert-OH is 1. The van der Waals surface area contributed by atoms with Crippen molar-refractivity contribution in [1.82, 2.24) is 9.55 Å². The maximum atomic E-state index is 13.1. The molecule has 1 unspecified atom stereocenters. The molecule has 2 aromatic heterocycles. The smallest absolute Gasteiger partial charge is 0.193 e. The van der Waals surface area contributed by atoms with Crippen molar-refractivity contribution in [3.63, 3.8) is 0 Å². The Morgan fingerprint density at radius 2 is 1.65 bits per heavy atom. The van der Waals surface area contributed by atoms with E-state index in [1.807, 2.05) is 95.6 Å². The van der Waals surface area contributed by atoms with Gasteiger partial charge in [0, 0.05) is 23.6 Å². The SMILES string of the molecule is CCc1cccc(C(O)c2cc3c(cn2)c(=O)cc(Nc2ccccc2)n3-c2ccccc2)c1. The molecular formula is C29H25N3O2. The predicted octanol–water partition coefficient (Wildman–Crippen LogP) is 5.77. The van der Waals surface area contributed by atoms with Gasteiger partial charge in [-0.05, 0) is 47.9 Å². The van der Waals surface area contributed by atoms with E-state index >= 15 is 0 Å². The summed E-state index contributed by atoms with van der Waals surface area (Å²) in [6, 6.07) is 30.8. The van der Waals surface area contributed by atoms with E-state index in [0.29, 0.717) is 22.4 Å². The second-order valence-corrected chi connectivity index (χ2v) is 8.18. The van der Waals surface area contributed by atoms with Crippen LogP contribution in [-0.2, 0) is 6.42 Å². The average molecular weight is 448 g/mol. The highest BCUT2D eigenvalue weighted by atomic mass is 16.3. The summed E-state index contributed by atoms with van der Waals surface area (Å²) in [5.41, 5.74) is 4.71. The van der Waals surface area contributed by atoms with Crippen molar-refractivity contribution in [2.45, 2.75) is 19.4 Å². The number of hydrogen-bond acceptors (Lipinski definition) is 4. The number of anilines is 2. The van der Waals surface area contributed by atoms with E-state index in [0.717, 1.165) is 28.9 Å². The standard InChI is InChI=1S/C29H25N3O2/c1-2-20-10-9-11-21(16-20)29(34)25-17-26-24(19-30-25)27(33)18-28(31-22-12-5-3-6-13-22)32(26)23-14-7-4-8-15-23/h3-19,29,31,34H,2H2,1H3. The molecule has 0 spiro atoms. The molecule has 0 amide bonds. The molecule has 0 aliphatic heterocycles. The summed E-state index contributed by atoms with van der Waals surface area (Å²) in [6.45, 7) is 2.08. The fourth-order valence-electron chi connectivity index (χ4n) is 4.15. The molecule has 3 aromatic carbocycles. The minimum absolute atomic E-state index is 0.137. The van der Waals surface area contributed by atoms with Crippen LogP contribution in [0.3, 0.4) is 0 Å². The van der Waals surface area contributed by atoms with Crippen molar-refractivity contribution in [1.29, 1.82) is 0 Å². The first-order valence-corrected chi connectivity index (χ1v) is 11.3. The van der Waals surface area contributed by atoms with Gasteiger partial charge in [-0.3, -0.25) is 14.3 Å². The average Bonchev–Trinajstić information content (AvgIpc) is 2.89. The third-order valence-corrected chi connectivity index (χ3v) is 5.93. The molecule has 0 radical (unpaired) electrons. The first kappa shape index (κ1) is 21.6. The normalized spacial score (nSPS) is 11.9. The van der Waals surface area contributed by atoms with Gasteiger partial charge in [0.05, 0.1) is 16.6 Å². The van der Waals surface area contributed by atoms with E-state index in [9.17, 15) is 9.90 Å². The first-order valence-electron chi connectivity index (χ1n) is 11.3. The Labute approximate surface area is 198 Å². The summed E-state index contributed by atoms with van der Waals surface area (Å²) in [6.07, 6.45) is 1.54. The van der Waals surface area contributed by atoms with Crippen LogP contribution >= 0.6 is 0 Å². The molecule has 5 nitrogen and oxygen atoms in total. The maximum absolute atomic E-state index is 13.1. The Morgan fingerprint density at radius 1 is 0.912 bits per heavy atom. The number of hydrogen-bond donors (Lipinski definition) is 2. The topological polar surface area (TPSA) is 67.2 Å². The van der Waals surface area contributed by atoms with Gasteiger partial charge < -0.3 is 10.4 Å². The molecule has 5 rings (SSSR count). The molecule has 0 bridgehead atoms. The van der Waals surface area contributed by atoms with Gasteiger partial charge >= 0.3 is 0 Å². The number of para-hydroxylation sites is 2. The summed E-state index contributed by atoms with van der Waals surface area (Å²) in [7, 11) is 0. The lowest BCUT2D eigenvalue weighted by molar-refractivity contribution is 0.215. The monoisotopic (exact) mass is 447 g/mol. The van der Waals surface area contributed by atoms with E-state index < -0.39 is 6.10 Å². The van der Waals surface area contributed by atoms with Crippen LogP contribution in [0.25, 0.3) is 16.6 Å². The lowest BCUT2D eigenvalue weighted by atomic mass is 10.0. The Hall–Kier alpha value is -4.22. The van der Waals surface area contributed by atoms with Crippen molar-refractivity contribution in [3.05, 3.63) is 130 Å². The summed E-state index contributed by atoms with van der Waals surface area (Å²) in [5.74, 6) is 0.634. The largest absolute Gasteiger partial charge is 0.382 e. The van der Waals surface area contributed by atoms with Crippen molar-refractivity contribution in [2.75, 3.05) is 5.32 Å². The van der Waals surface area contributed by atoms with Crippen molar-refractivity contribution in [2.24, 2.45) is 0 Å². The van der Waals surface area contributed by atoms with Crippen molar-refractivity contribution >= 4 is 22.4 Å². The Balaban J connectivity index is 1.71. The van der Waals surface area contributed by atoms with Crippen LogP contribution in [0.2, 0.25) is 0 Å². The Morgan fingerprint density at radius 3 is 2.38 bits per heavy atom. The molecule has 0 aliphatic carbocycles. The third kappa shape index (κ3) is 4.21. The van der Waals surface area contributed by atoms with Crippen LogP contribution in [0.15, 0.2) is 108 Å². The van der Waals surface area contributed by atoms with Crippen molar-refractivity contribution < 1.29 is 5.11 Å². The molecule has 0 saturated heterocycles. The minimum Gasteiger partial charge on any atom is -0.382 e. The number of rotatable bonds is 6. The van der Waals surface area contributed by atoms with Crippen LogP contribution in [0.5, 0.6) is 0 Å². The second-order valence-electron chi connectivity index (χ2n) is 8.18. The number of benzene rings is 3. The van der Waals surface area contributed by atoms with E-state index in [1.165, 1.54) is 0 Å². The molecule has 1 atom stereocenters. The fourth-order valence-corrected chi connectivity index (χ4v) is 4.15. The van der Waals surface area contributed by atoms with Gasteiger partial charge in [0.25, 0.3) is 0 Å². The van der Waals surface area contributed by atoms with Crippen LogP contribution in [0, 0.1) is 0 Å². The number of aromatic nitrogens is 2. The zero-order valence-corrected chi connectivity index (χ0v) is 18.8. The highest BCUT2D eigenvalue weighted by Gasteiger charge is 2.17. The molecule has 168 valence electrons. The van der Waals surface area contributed by atoms with Gasteiger partial charge in [0.1, 0.15) is 11.9 Å². The fraction of sp³-hybridized carbons (Fsp3) is 0.103.